The average molecular weight is 224 g/mol. The van der Waals surface area contributed by atoms with Crippen LogP contribution in [0.3, 0.4) is 0 Å². The van der Waals surface area contributed by atoms with Gasteiger partial charge in [0.15, 0.2) is 0 Å². The first-order valence-electron chi connectivity index (χ1n) is 4.30. The summed E-state index contributed by atoms with van der Waals surface area (Å²) in [5.41, 5.74) is -0.458. The number of aromatic nitrogens is 2. The van der Waals surface area contributed by atoms with Gasteiger partial charge in [0.2, 0.25) is 5.13 Å². The van der Waals surface area contributed by atoms with E-state index in [1.165, 1.54) is 18.4 Å². The van der Waals surface area contributed by atoms with Crippen molar-refractivity contribution in [1.29, 1.82) is 0 Å². The van der Waals surface area contributed by atoms with Crippen LogP contribution in [0.25, 0.3) is 0 Å². The minimum atomic E-state index is -0.458. The van der Waals surface area contributed by atoms with Gasteiger partial charge in [0, 0.05) is 7.05 Å². The van der Waals surface area contributed by atoms with Gasteiger partial charge in [-0.3, -0.25) is 5.32 Å². The van der Waals surface area contributed by atoms with Gasteiger partial charge in [-0.15, -0.1) is 16.6 Å². The predicted molar refractivity (Wildman–Crippen MR) is 59.8 cm³/mol. The van der Waals surface area contributed by atoms with E-state index < -0.39 is 5.41 Å². The van der Waals surface area contributed by atoms with Gasteiger partial charge in [-0.2, -0.15) is 0 Å². The Balaban J connectivity index is 2.82. The molecule has 2 N–H and O–H groups in total. The average Bonchev–Trinajstić information content (AvgIpc) is 2.66. The molecule has 0 aliphatic carbocycles. The predicted octanol–water partition coefficient (Wildman–Crippen LogP) is 1.20. The number of nitrogens with one attached hydrogen (secondary N) is 2. The Kier molecular flexibility index (Phi) is 3.27. The fraction of sp³-hybridized carbons (Fsp3) is 0.444. The first kappa shape index (κ1) is 11.5. The molecule has 15 heavy (non-hydrogen) atoms. The summed E-state index contributed by atoms with van der Waals surface area (Å²) in [5, 5.41) is 13.9. The summed E-state index contributed by atoms with van der Waals surface area (Å²) >= 11 is 1.27. The Hall–Kier alpha value is -1.61. The quantitative estimate of drug-likeness (QED) is 0.742. The molecule has 1 heterocycles. The van der Waals surface area contributed by atoms with E-state index in [9.17, 15) is 4.79 Å². The molecule has 0 bridgehead atoms. The first-order valence-corrected chi connectivity index (χ1v) is 5.11. The number of hydrogen-bond acceptors (Lipinski definition) is 4. The third kappa shape index (κ3) is 2.67. The van der Waals surface area contributed by atoms with Crippen molar-refractivity contribution in [2.45, 2.75) is 19.3 Å². The summed E-state index contributed by atoms with van der Waals surface area (Å²) in [6, 6.07) is -0.323. The van der Waals surface area contributed by atoms with Crippen molar-refractivity contribution in [3.63, 3.8) is 0 Å². The number of terminal acetylenes is 1. The van der Waals surface area contributed by atoms with Crippen molar-refractivity contribution in [3.8, 4) is 12.3 Å². The molecule has 0 atom stereocenters. The van der Waals surface area contributed by atoms with Crippen molar-refractivity contribution < 1.29 is 4.79 Å². The van der Waals surface area contributed by atoms with Crippen molar-refractivity contribution in [1.82, 2.24) is 15.5 Å². The zero-order chi connectivity index (χ0) is 11.5. The van der Waals surface area contributed by atoms with E-state index in [1.807, 2.05) is 13.8 Å². The normalized spacial score (nSPS) is 10.5. The van der Waals surface area contributed by atoms with Crippen LogP contribution in [0.15, 0.2) is 0 Å². The van der Waals surface area contributed by atoms with Crippen LogP contribution in [0.1, 0.15) is 18.9 Å². The van der Waals surface area contributed by atoms with Crippen LogP contribution in [0.4, 0.5) is 9.93 Å². The maximum atomic E-state index is 11.0. The molecule has 1 aromatic rings. The first-order chi connectivity index (χ1) is 6.99. The fourth-order valence-corrected chi connectivity index (χ4v) is 1.55. The van der Waals surface area contributed by atoms with Crippen LogP contribution >= 0.6 is 11.3 Å². The van der Waals surface area contributed by atoms with E-state index in [4.69, 9.17) is 6.42 Å². The van der Waals surface area contributed by atoms with E-state index >= 15 is 0 Å². The summed E-state index contributed by atoms with van der Waals surface area (Å²) < 4.78 is 0. The van der Waals surface area contributed by atoms with Crippen molar-refractivity contribution in [3.05, 3.63) is 5.01 Å². The summed E-state index contributed by atoms with van der Waals surface area (Å²) in [5.74, 6) is 2.62. The number of nitrogens with zero attached hydrogens (tertiary/aromatic N) is 2. The Morgan fingerprint density at radius 1 is 1.53 bits per heavy atom. The van der Waals surface area contributed by atoms with E-state index in [1.54, 1.807) is 0 Å². The number of amides is 2. The lowest BCUT2D eigenvalue weighted by molar-refractivity contribution is 0.254. The molecule has 0 unspecified atom stereocenters. The molecule has 1 rings (SSSR count). The Morgan fingerprint density at radius 3 is 2.73 bits per heavy atom. The summed E-state index contributed by atoms with van der Waals surface area (Å²) in [4.78, 5) is 11.0. The maximum absolute atomic E-state index is 11.0. The number of rotatable bonds is 2. The molecule has 2 amide bonds. The molecule has 0 aliphatic heterocycles. The number of carbonyl (C=O) groups is 1. The molecule has 0 spiro atoms. The Morgan fingerprint density at radius 2 is 2.20 bits per heavy atom. The Labute approximate surface area is 92.3 Å². The second-order valence-electron chi connectivity index (χ2n) is 3.39. The Bertz CT molecular complexity index is 404. The second-order valence-corrected chi connectivity index (χ2v) is 4.36. The molecule has 0 aliphatic rings. The van der Waals surface area contributed by atoms with Crippen LogP contribution in [0.2, 0.25) is 0 Å². The SMILES string of the molecule is C#CC(C)(C)c1nnc(NC(=O)NC)s1. The minimum Gasteiger partial charge on any atom is -0.341 e. The summed E-state index contributed by atoms with van der Waals surface area (Å²) in [6.45, 7) is 3.74. The van der Waals surface area contributed by atoms with E-state index in [2.05, 4.69) is 26.8 Å². The highest BCUT2D eigenvalue weighted by atomic mass is 32.1. The molecular weight excluding hydrogens is 212 g/mol. The smallest absolute Gasteiger partial charge is 0.320 e. The third-order valence-electron chi connectivity index (χ3n) is 1.77. The van der Waals surface area contributed by atoms with E-state index in [0.717, 1.165) is 0 Å². The molecule has 6 heteroatoms. The van der Waals surface area contributed by atoms with Gasteiger partial charge in [-0.25, -0.2) is 4.79 Å². The highest BCUT2D eigenvalue weighted by molar-refractivity contribution is 7.15. The number of hydrogen-bond donors (Lipinski definition) is 2. The monoisotopic (exact) mass is 224 g/mol. The topological polar surface area (TPSA) is 66.9 Å². The lowest BCUT2D eigenvalue weighted by Gasteiger charge is -2.11. The number of urea groups is 1. The maximum Gasteiger partial charge on any atom is 0.320 e. The molecule has 1 aromatic heterocycles. The lowest BCUT2D eigenvalue weighted by atomic mass is 9.96. The molecule has 0 radical (unpaired) electrons. The highest BCUT2D eigenvalue weighted by Gasteiger charge is 2.22. The van der Waals surface area contributed by atoms with E-state index in [0.29, 0.717) is 10.1 Å². The van der Waals surface area contributed by atoms with Gasteiger partial charge >= 0.3 is 6.03 Å². The number of carbonyl (C=O) groups excluding carboxylic acids is 1. The van der Waals surface area contributed by atoms with Gasteiger partial charge in [0.25, 0.3) is 0 Å². The summed E-state index contributed by atoms with van der Waals surface area (Å²) in [7, 11) is 1.53. The lowest BCUT2D eigenvalue weighted by Crippen LogP contribution is -2.24. The van der Waals surface area contributed by atoms with Gasteiger partial charge in [-0.05, 0) is 13.8 Å². The van der Waals surface area contributed by atoms with Gasteiger partial charge in [0.1, 0.15) is 5.01 Å². The third-order valence-corrected chi connectivity index (χ3v) is 2.93. The highest BCUT2D eigenvalue weighted by Crippen LogP contribution is 2.27. The van der Waals surface area contributed by atoms with Crippen LogP contribution in [0.5, 0.6) is 0 Å². The molecule has 0 saturated heterocycles. The minimum absolute atomic E-state index is 0.323. The molecule has 0 fully saturated rings. The molecular formula is C9H12N4OS. The number of anilines is 1. The molecule has 0 saturated carbocycles. The van der Waals surface area contributed by atoms with Gasteiger partial charge in [0.05, 0.1) is 5.41 Å². The second kappa shape index (κ2) is 4.28. The van der Waals surface area contributed by atoms with Crippen LogP contribution in [-0.4, -0.2) is 23.3 Å². The van der Waals surface area contributed by atoms with Crippen LogP contribution in [-0.2, 0) is 5.41 Å². The van der Waals surface area contributed by atoms with Crippen molar-refractivity contribution in [2.24, 2.45) is 0 Å². The molecule has 0 aromatic carbocycles. The van der Waals surface area contributed by atoms with Crippen molar-refractivity contribution in [2.75, 3.05) is 12.4 Å². The zero-order valence-corrected chi connectivity index (χ0v) is 9.60. The summed E-state index contributed by atoms with van der Waals surface area (Å²) in [6.07, 6.45) is 5.36. The fourth-order valence-electron chi connectivity index (χ4n) is 0.748. The van der Waals surface area contributed by atoms with Crippen LogP contribution < -0.4 is 10.6 Å². The van der Waals surface area contributed by atoms with Crippen LogP contribution in [0, 0.1) is 12.3 Å². The van der Waals surface area contributed by atoms with Gasteiger partial charge in [-0.1, -0.05) is 17.3 Å². The van der Waals surface area contributed by atoms with Crippen molar-refractivity contribution >= 4 is 22.5 Å². The molecule has 5 nitrogen and oxygen atoms in total. The van der Waals surface area contributed by atoms with E-state index in [-0.39, 0.29) is 6.03 Å². The zero-order valence-electron chi connectivity index (χ0n) is 8.79. The largest absolute Gasteiger partial charge is 0.341 e. The molecule has 80 valence electrons. The standard InChI is InChI=1S/C9H12N4OS/c1-5-9(2,3)6-12-13-8(15-6)11-7(14)10-4/h1H,2-4H3,(H2,10,11,13,14). The van der Waals surface area contributed by atoms with Gasteiger partial charge < -0.3 is 5.32 Å².